The van der Waals surface area contributed by atoms with Gasteiger partial charge in [-0.15, -0.1) is 0 Å². The number of ether oxygens (including phenoxy) is 5. The van der Waals surface area contributed by atoms with Gasteiger partial charge in [-0.3, -0.25) is 0 Å². The quantitative estimate of drug-likeness (QED) is 0.176. The highest BCUT2D eigenvalue weighted by molar-refractivity contribution is 6.31. The van der Waals surface area contributed by atoms with E-state index in [4.69, 9.17) is 35.3 Å². The first-order valence-corrected chi connectivity index (χ1v) is 15.1. The minimum atomic E-state index is -1.18. The molecule has 1 heterocycles. The third-order valence-electron chi connectivity index (χ3n) is 7.76. The topological polar surface area (TPSA) is 66.4 Å². The van der Waals surface area contributed by atoms with Crippen LogP contribution in [0.15, 0.2) is 103 Å². The van der Waals surface area contributed by atoms with Gasteiger partial charge in [0.2, 0.25) is 0 Å². The number of aliphatic hydroxyl groups is 1. The van der Waals surface area contributed by atoms with E-state index in [2.05, 4.69) is 0 Å². The lowest BCUT2D eigenvalue weighted by atomic mass is 9.89. The number of rotatable bonds is 13. The van der Waals surface area contributed by atoms with Gasteiger partial charge < -0.3 is 28.8 Å². The van der Waals surface area contributed by atoms with Crippen molar-refractivity contribution in [3.63, 3.8) is 0 Å². The number of halogens is 1. The Balaban J connectivity index is 1.42. The van der Waals surface area contributed by atoms with Crippen molar-refractivity contribution in [2.75, 3.05) is 20.3 Å². The fraction of sp³-hybridized carbons (Fsp3) is 0.333. The van der Waals surface area contributed by atoms with E-state index in [1.165, 1.54) is 0 Å². The highest BCUT2D eigenvalue weighted by atomic mass is 35.5. The Labute approximate surface area is 259 Å². The van der Waals surface area contributed by atoms with Crippen LogP contribution in [0, 0.1) is 0 Å². The van der Waals surface area contributed by atoms with Crippen LogP contribution in [0.2, 0.25) is 5.02 Å². The van der Waals surface area contributed by atoms with Crippen LogP contribution in [-0.2, 0) is 44.4 Å². The van der Waals surface area contributed by atoms with E-state index >= 15 is 0 Å². The van der Waals surface area contributed by atoms with E-state index in [1.807, 2.05) is 110 Å². The summed E-state index contributed by atoms with van der Waals surface area (Å²) in [4.78, 5) is 0. The molecule has 0 bridgehead atoms. The summed E-state index contributed by atoms with van der Waals surface area (Å²) in [5.74, 6) is -0.347. The molecular formula is C36H39ClO6. The van der Waals surface area contributed by atoms with Gasteiger partial charge in [-0.25, -0.2) is 0 Å². The fourth-order valence-corrected chi connectivity index (χ4v) is 5.69. The van der Waals surface area contributed by atoms with E-state index in [1.54, 1.807) is 7.11 Å². The highest BCUT2D eigenvalue weighted by Crippen LogP contribution is 2.42. The predicted molar refractivity (Wildman–Crippen MR) is 167 cm³/mol. The summed E-state index contributed by atoms with van der Waals surface area (Å²) in [6.07, 6.45) is -0.661. The first kappa shape index (κ1) is 31.2. The second kappa shape index (κ2) is 15.0. The first-order chi connectivity index (χ1) is 21.0. The van der Waals surface area contributed by atoms with Gasteiger partial charge in [0.05, 0.1) is 32.5 Å². The van der Waals surface area contributed by atoms with E-state index in [9.17, 15) is 5.11 Å². The van der Waals surface area contributed by atoms with Gasteiger partial charge in [0.25, 0.3) is 0 Å². The Morgan fingerprint density at radius 2 is 1.49 bits per heavy atom. The second-order valence-corrected chi connectivity index (χ2v) is 11.1. The van der Waals surface area contributed by atoms with Crippen molar-refractivity contribution < 1.29 is 28.8 Å². The molecule has 5 rings (SSSR count). The van der Waals surface area contributed by atoms with Crippen molar-refractivity contribution in [1.29, 1.82) is 0 Å². The predicted octanol–water partition coefficient (Wildman–Crippen LogP) is 7.08. The second-order valence-electron chi connectivity index (χ2n) is 10.7. The molecule has 7 heteroatoms. The summed E-state index contributed by atoms with van der Waals surface area (Å²) >= 11 is 6.69. The number of aliphatic hydroxyl groups excluding tert-OH is 1. The van der Waals surface area contributed by atoms with Crippen molar-refractivity contribution in [2.45, 2.75) is 57.1 Å². The Morgan fingerprint density at radius 1 is 0.837 bits per heavy atom. The normalized spacial score (nSPS) is 21.9. The van der Waals surface area contributed by atoms with Crippen LogP contribution in [-0.4, -0.2) is 43.7 Å². The van der Waals surface area contributed by atoms with Crippen molar-refractivity contribution >= 4 is 11.6 Å². The smallest absolute Gasteiger partial charge is 0.197 e. The maximum atomic E-state index is 10.5. The minimum absolute atomic E-state index is 0.262. The third-order valence-corrected chi connectivity index (χ3v) is 8.13. The molecule has 1 fully saturated rings. The zero-order chi connectivity index (χ0) is 30.1. The molecule has 1 aliphatic heterocycles. The number of hydrogen-bond donors (Lipinski definition) is 1. The minimum Gasteiger partial charge on any atom is -0.494 e. The molecule has 0 aliphatic carbocycles. The lowest BCUT2D eigenvalue weighted by Gasteiger charge is -2.47. The van der Waals surface area contributed by atoms with Gasteiger partial charge in [0, 0.05) is 24.1 Å². The molecule has 2 unspecified atom stereocenters. The van der Waals surface area contributed by atoms with E-state index in [0.29, 0.717) is 37.7 Å². The van der Waals surface area contributed by atoms with Gasteiger partial charge in [0.15, 0.2) is 5.79 Å². The van der Waals surface area contributed by atoms with E-state index < -0.39 is 24.1 Å². The van der Waals surface area contributed by atoms with Crippen LogP contribution in [0.25, 0.3) is 0 Å². The molecule has 0 amide bonds. The van der Waals surface area contributed by atoms with Gasteiger partial charge in [-0.05, 0) is 59.9 Å². The summed E-state index contributed by atoms with van der Waals surface area (Å²) in [5, 5.41) is 11.2. The number of methoxy groups -OCH3 is 1. The van der Waals surface area contributed by atoms with Crippen molar-refractivity contribution in [2.24, 2.45) is 0 Å². The summed E-state index contributed by atoms with van der Waals surface area (Å²) in [5.41, 5.74) is 4.91. The zero-order valence-corrected chi connectivity index (χ0v) is 25.4. The largest absolute Gasteiger partial charge is 0.494 e. The van der Waals surface area contributed by atoms with Crippen LogP contribution in [0.5, 0.6) is 5.75 Å². The van der Waals surface area contributed by atoms with Crippen molar-refractivity contribution in [1.82, 2.24) is 0 Å². The highest BCUT2D eigenvalue weighted by Gasteiger charge is 2.50. The monoisotopic (exact) mass is 602 g/mol. The third kappa shape index (κ3) is 7.84. The zero-order valence-electron chi connectivity index (χ0n) is 24.7. The summed E-state index contributed by atoms with van der Waals surface area (Å²) in [6.45, 7) is 3.08. The molecule has 1 aliphatic rings. The fourth-order valence-electron chi connectivity index (χ4n) is 5.51. The molecule has 43 heavy (non-hydrogen) atoms. The Kier molecular flexibility index (Phi) is 10.9. The molecule has 4 aromatic carbocycles. The average Bonchev–Trinajstić information content (AvgIpc) is 3.05. The molecule has 0 saturated carbocycles. The van der Waals surface area contributed by atoms with Gasteiger partial charge in [0.1, 0.15) is 18.0 Å². The molecule has 0 radical (unpaired) electrons. The van der Waals surface area contributed by atoms with Gasteiger partial charge >= 0.3 is 0 Å². The van der Waals surface area contributed by atoms with Gasteiger partial charge in [-0.1, -0.05) is 90.5 Å². The van der Waals surface area contributed by atoms with E-state index in [0.717, 1.165) is 33.6 Å². The summed E-state index contributed by atoms with van der Waals surface area (Å²) < 4.78 is 31.3. The molecule has 0 aromatic heterocycles. The van der Waals surface area contributed by atoms with E-state index in [-0.39, 0.29) is 6.61 Å². The van der Waals surface area contributed by atoms with Crippen LogP contribution < -0.4 is 4.74 Å². The molecule has 6 nitrogen and oxygen atoms in total. The van der Waals surface area contributed by atoms with Crippen molar-refractivity contribution in [3.05, 3.63) is 136 Å². The maximum absolute atomic E-state index is 10.5. The molecule has 0 spiro atoms. The molecule has 1 N–H and O–H groups in total. The van der Waals surface area contributed by atoms with Crippen LogP contribution in [0.4, 0.5) is 0 Å². The van der Waals surface area contributed by atoms with Gasteiger partial charge in [-0.2, -0.15) is 0 Å². The lowest BCUT2D eigenvalue weighted by Crippen LogP contribution is -2.56. The Bertz CT molecular complexity index is 1420. The van der Waals surface area contributed by atoms with Crippen LogP contribution >= 0.6 is 11.6 Å². The lowest BCUT2D eigenvalue weighted by molar-refractivity contribution is -0.335. The molecule has 4 atom stereocenters. The molecule has 4 aromatic rings. The maximum Gasteiger partial charge on any atom is 0.197 e. The number of benzene rings is 4. The SMILES string of the molecule is CCOc1ccc(Cc2cc([C@@]3(OC)CC(OCc4ccccc4)[C@H](OCc4ccccc4)C(CO)O3)ccc2Cl)cc1. The number of hydrogen-bond acceptors (Lipinski definition) is 6. The summed E-state index contributed by atoms with van der Waals surface area (Å²) in [7, 11) is 1.62. The molecule has 1 saturated heterocycles. The average molecular weight is 603 g/mol. The Hall–Kier alpha value is -3.23. The Morgan fingerprint density at radius 3 is 2.09 bits per heavy atom. The van der Waals surface area contributed by atoms with Crippen LogP contribution in [0.3, 0.4) is 0 Å². The molecule has 226 valence electrons. The van der Waals surface area contributed by atoms with Crippen molar-refractivity contribution in [3.8, 4) is 5.75 Å². The summed E-state index contributed by atoms with van der Waals surface area (Å²) in [6, 6.07) is 33.8. The first-order valence-electron chi connectivity index (χ1n) is 14.7. The standard InChI is InChI=1S/C36H39ClO6/c1-3-40-31-17-14-26(15-18-31)20-29-21-30(16-19-32(29)37)36(39-2)22-33(41-24-27-10-6-4-7-11-27)35(34(23-38)43-36)42-25-28-12-8-5-9-13-28/h4-19,21,33-35,38H,3,20,22-25H2,1-2H3/t33?,34?,35-,36+/m0/s1. The van der Waals surface area contributed by atoms with Crippen LogP contribution in [0.1, 0.15) is 41.2 Å². The molecular weight excluding hydrogens is 564 g/mol.